The quantitative estimate of drug-likeness (QED) is 0.750. The molecule has 0 fully saturated rings. The summed E-state index contributed by atoms with van der Waals surface area (Å²) in [4.78, 5) is 21.5. The third kappa shape index (κ3) is 4.01. The van der Waals surface area contributed by atoms with E-state index in [0.717, 1.165) is 4.57 Å². The molecule has 1 N–H and O–H groups in total. The van der Waals surface area contributed by atoms with Crippen LogP contribution in [0.4, 0.5) is 0 Å². The Bertz CT molecular complexity index is 492. The molecule has 0 aliphatic heterocycles. The lowest BCUT2D eigenvalue weighted by Gasteiger charge is -2.04. The number of pyridine rings is 1. The third-order valence-corrected chi connectivity index (χ3v) is 2.25. The van der Waals surface area contributed by atoms with E-state index in [1.165, 1.54) is 12.3 Å². The van der Waals surface area contributed by atoms with Crippen LogP contribution < -0.4 is 9.67 Å². The van der Waals surface area contributed by atoms with E-state index in [4.69, 9.17) is 5.11 Å². The first-order valence-electron chi connectivity index (χ1n) is 5.55. The minimum Gasteiger partial charge on any atom is -0.539 e. The SMILES string of the molecule is CC(C)/C=C/c1cc[n+](CC(=O)O)c(C(=O)[O-])c1. The number of rotatable bonds is 5. The van der Waals surface area contributed by atoms with Gasteiger partial charge in [-0.05, 0) is 11.5 Å². The molecular formula is C13H15NO4. The Hall–Kier alpha value is -2.17. The largest absolute Gasteiger partial charge is 0.539 e. The summed E-state index contributed by atoms with van der Waals surface area (Å²) in [6.07, 6.45) is 5.15. The third-order valence-electron chi connectivity index (χ3n) is 2.25. The molecule has 0 saturated carbocycles. The summed E-state index contributed by atoms with van der Waals surface area (Å²) in [6, 6.07) is 3.06. The van der Waals surface area contributed by atoms with Gasteiger partial charge >= 0.3 is 5.97 Å². The van der Waals surface area contributed by atoms with Crippen molar-refractivity contribution in [3.8, 4) is 0 Å². The molecule has 1 heterocycles. The number of aromatic nitrogens is 1. The van der Waals surface area contributed by atoms with Crippen LogP contribution in [-0.4, -0.2) is 17.0 Å². The van der Waals surface area contributed by atoms with Gasteiger partial charge in [0.2, 0.25) is 12.2 Å². The van der Waals surface area contributed by atoms with Crippen LogP contribution in [0.25, 0.3) is 6.08 Å². The van der Waals surface area contributed by atoms with Gasteiger partial charge < -0.3 is 15.0 Å². The van der Waals surface area contributed by atoms with Gasteiger partial charge in [0.05, 0.1) is 0 Å². The Labute approximate surface area is 105 Å². The zero-order valence-electron chi connectivity index (χ0n) is 10.3. The number of hydrogen-bond donors (Lipinski definition) is 1. The second-order valence-corrected chi connectivity index (χ2v) is 4.26. The van der Waals surface area contributed by atoms with Crippen LogP contribution >= 0.6 is 0 Å². The molecule has 0 saturated heterocycles. The molecule has 5 nitrogen and oxygen atoms in total. The smallest absolute Gasteiger partial charge is 0.370 e. The standard InChI is InChI=1S/C13H15NO4/c1-9(2)3-4-10-5-6-14(8-12(15)16)11(7-10)13(17)18/h3-7,9H,8H2,1-2H3,(H-,15,16,17,18)/b4-3+. The van der Waals surface area contributed by atoms with Gasteiger partial charge in [0, 0.05) is 12.1 Å². The highest BCUT2D eigenvalue weighted by atomic mass is 16.4. The van der Waals surface area contributed by atoms with Crippen molar-refractivity contribution in [2.45, 2.75) is 20.4 Å². The molecule has 0 bridgehead atoms. The van der Waals surface area contributed by atoms with Gasteiger partial charge in [-0.3, -0.25) is 0 Å². The maximum Gasteiger partial charge on any atom is 0.370 e. The van der Waals surface area contributed by atoms with E-state index in [-0.39, 0.29) is 5.69 Å². The maximum absolute atomic E-state index is 10.9. The Morgan fingerprint density at radius 2 is 2.17 bits per heavy atom. The van der Waals surface area contributed by atoms with E-state index in [2.05, 4.69) is 0 Å². The highest BCUT2D eigenvalue weighted by molar-refractivity contribution is 5.82. The number of carbonyl (C=O) groups is 2. The Kier molecular flexibility index (Phi) is 4.59. The summed E-state index contributed by atoms with van der Waals surface area (Å²) in [5.74, 6) is -2.15. The van der Waals surface area contributed by atoms with E-state index in [1.807, 2.05) is 19.9 Å². The summed E-state index contributed by atoms with van der Waals surface area (Å²) in [5, 5.41) is 19.6. The zero-order valence-corrected chi connectivity index (χ0v) is 10.3. The molecule has 0 aliphatic rings. The van der Waals surface area contributed by atoms with E-state index < -0.39 is 18.5 Å². The zero-order chi connectivity index (χ0) is 13.7. The number of carboxylic acids is 2. The summed E-state index contributed by atoms with van der Waals surface area (Å²) < 4.78 is 1.13. The molecular weight excluding hydrogens is 234 g/mol. The Morgan fingerprint density at radius 1 is 1.50 bits per heavy atom. The second-order valence-electron chi connectivity index (χ2n) is 4.26. The monoisotopic (exact) mass is 249 g/mol. The lowest BCUT2D eigenvalue weighted by molar-refractivity contribution is -0.690. The minimum absolute atomic E-state index is 0.150. The molecule has 1 aromatic rings. The molecule has 96 valence electrons. The molecule has 0 radical (unpaired) electrons. The highest BCUT2D eigenvalue weighted by Gasteiger charge is 2.15. The van der Waals surface area contributed by atoms with Gasteiger partial charge in [-0.15, -0.1) is 0 Å². The Morgan fingerprint density at radius 3 is 2.67 bits per heavy atom. The predicted octanol–water partition coefficient (Wildman–Crippen LogP) is 0.0914. The number of nitrogens with zero attached hydrogens (tertiary/aromatic N) is 1. The van der Waals surface area contributed by atoms with Crippen LogP contribution in [-0.2, 0) is 11.3 Å². The van der Waals surface area contributed by atoms with Crippen LogP contribution in [0.2, 0.25) is 0 Å². The molecule has 0 atom stereocenters. The Balaban J connectivity index is 3.11. The maximum atomic E-state index is 10.9. The predicted molar refractivity (Wildman–Crippen MR) is 62.5 cm³/mol. The molecule has 5 heteroatoms. The molecule has 0 unspecified atom stereocenters. The first kappa shape index (κ1) is 13.9. The average molecular weight is 249 g/mol. The fraction of sp³-hybridized carbons (Fsp3) is 0.308. The van der Waals surface area contributed by atoms with E-state index in [0.29, 0.717) is 11.5 Å². The summed E-state index contributed by atoms with van der Waals surface area (Å²) in [6.45, 7) is 3.60. The minimum atomic E-state index is -1.39. The van der Waals surface area contributed by atoms with Crippen LogP contribution in [0.5, 0.6) is 0 Å². The first-order chi connectivity index (χ1) is 8.40. The number of hydrogen-bond acceptors (Lipinski definition) is 3. The number of carboxylic acid groups (broad SMARTS) is 2. The van der Waals surface area contributed by atoms with E-state index in [9.17, 15) is 14.7 Å². The topological polar surface area (TPSA) is 81.3 Å². The van der Waals surface area contributed by atoms with Crippen LogP contribution in [0.1, 0.15) is 29.9 Å². The summed E-state index contributed by atoms with van der Waals surface area (Å²) in [7, 11) is 0. The van der Waals surface area contributed by atoms with Crippen molar-refractivity contribution in [2.75, 3.05) is 0 Å². The fourth-order valence-corrected chi connectivity index (χ4v) is 1.41. The van der Waals surface area contributed by atoms with Crippen molar-refractivity contribution in [1.82, 2.24) is 0 Å². The lowest BCUT2D eigenvalue weighted by atomic mass is 10.1. The molecule has 18 heavy (non-hydrogen) atoms. The van der Waals surface area contributed by atoms with Crippen LogP contribution in [0.15, 0.2) is 24.4 Å². The van der Waals surface area contributed by atoms with Crippen molar-refractivity contribution in [3.63, 3.8) is 0 Å². The summed E-state index contributed by atoms with van der Waals surface area (Å²) >= 11 is 0. The van der Waals surface area contributed by atoms with Gasteiger partial charge in [-0.1, -0.05) is 26.0 Å². The molecule has 1 rings (SSSR count). The van der Waals surface area contributed by atoms with Crippen molar-refractivity contribution >= 4 is 18.0 Å². The van der Waals surface area contributed by atoms with Crippen molar-refractivity contribution in [2.24, 2.45) is 5.92 Å². The number of aliphatic carboxylic acids is 1. The number of allylic oxidation sites excluding steroid dienone is 1. The number of carbonyl (C=O) groups excluding carboxylic acids is 1. The van der Waals surface area contributed by atoms with Crippen molar-refractivity contribution in [3.05, 3.63) is 35.7 Å². The van der Waals surface area contributed by atoms with Gasteiger partial charge in [-0.2, -0.15) is 4.57 Å². The van der Waals surface area contributed by atoms with Gasteiger partial charge in [0.25, 0.3) is 0 Å². The van der Waals surface area contributed by atoms with E-state index >= 15 is 0 Å². The fourth-order valence-electron chi connectivity index (χ4n) is 1.41. The van der Waals surface area contributed by atoms with Crippen molar-refractivity contribution in [1.29, 1.82) is 0 Å². The molecule has 0 aromatic carbocycles. The summed E-state index contributed by atoms with van der Waals surface area (Å²) in [5.41, 5.74) is 0.549. The number of aromatic carboxylic acids is 1. The molecule has 0 spiro atoms. The van der Waals surface area contributed by atoms with Gasteiger partial charge in [0.15, 0.2) is 6.20 Å². The average Bonchev–Trinajstić information content (AvgIpc) is 2.26. The van der Waals surface area contributed by atoms with Gasteiger partial charge in [0.1, 0.15) is 5.97 Å². The first-order valence-corrected chi connectivity index (χ1v) is 5.55. The molecule has 0 aliphatic carbocycles. The molecule has 1 aromatic heterocycles. The van der Waals surface area contributed by atoms with E-state index in [1.54, 1.807) is 12.1 Å². The highest BCUT2D eigenvalue weighted by Crippen LogP contribution is 2.05. The molecule has 0 amide bonds. The van der Waals surface area contributed by atoms with Gasteiger partial charge in [-0.25, -0.2) is 4.79 Å². The second kappa shape index (κ2) is 5.95. The normalized spacial score (nSPS) is 11.1. The van der Waals surface area contributed by atoms with Crippen LogP contribution in [0, 0.1) is 5.92 Å². The lowest BCUT2D eigenvalue weighted by Crippen LogP contribution is -2.46. The van der Waals surface area contributed by atoms with Crippen molar-refractivity contribution < 1.29 is 24.4 Å². The van der Waals surface area contributed by atoms with Crippen LogP contribution in [0.3, 0.4) is 0 Å².